The van der Waals surface area contributed by atoms with Gasteiger partial charge in [-0.15, -0.1) is 0 Å². The Labute approximate surface area is 119 Å². The Morgan fingerprint density at radius 2 is 2.14 bits per heavy atom. The van der Waals surface area contributed by atoms with Crippen molar-refractivity contribution < 1.29 is 22.7 Å². The Morgan fingerprint density at radius 1 is 1.38 bits per heavy atom. The zero-order valence-corrected chi connectivity index (χ0v) is 11.2. The van der Waals surface area contributed by atoms with Gasteiger partial charge in [-0.3, -0.25) is 4.79 Å². The van der Waals surface area contributed by atoms with Crippen LogP contribution in [-0.2, 0) is 19.6 Å². The minimum atomic E-state index is -4.57. The lowest BCUT2D eigenvalue weighted by molar-refractivity contribution is -0.138. The van der Waals surface area contributed by atoms with E-state index in [9.17, 15) is 18.0 Å². The molecule has 1 heterocycles. The zero-order valence-electron chi connectivity index (χ0n) is 11.2. The number of rotatable bonds is 5. The van der Waals surface area contributed by atoms with Crippen molar-refractivity contribution in [2.75, 3.05) is 6.61 Å². The third-order valence-electron chi connectivity index (χ3n) is 2.95. The molecule has 0 fully saturated rings. The van der Waals surface area contributed by atoms with Crippen LogP contribution in [0.15, 0.2) is 30.6 Å². The summed E-state index contributed by atoms with van der Waals surface area (Å²) in [4.78, 5) is 14.6. The second kappa shape index (κ2) is 5.99. The molecule has 0 atom stereocenters. The maximum Gasteiger partial charge on any atom is 0.419 e. The van der Waals surface area contributed by atoms with Gasteiger partial charge in [-0.25, -0.2) is 4.98 Å². The molecule has 0 bridgehead atoms. The first kappa shape index (κ1) is 15.1. The summed E-state index contributed by atoms with van der Waals surface area (Å²) in [6.45, 7) is 0.0639. The SMILES string of the molecule is Cn1ccnc1CCOc1ccc(C=O)cc1C(F)(F)F. The van der Waals surface area contributed by atoms with Crippen LogP contribution in [0, 0.1) is 0 Å². The maximum atomic E-state index is 12.9. The summed E-state index contributed by atoms with van der Waals surface area (Å²) in [5.74, 6) is 0.426. The van der Waals surface area contributed by atoms with E-state index in [0.717, 1.165) is 12.1 Å². The van der Waals surface area contributed by atoms with Crippen molar-refractivity contribution in [3.8, 4) is 5.75 Å². The summed E-state index contributed by atoms with van der Waals surface area (Å²) in [7, 11) is 1.79. The van der Waals surface area contributed by atoms with E-state index in [1.54, 1.807) is 24.0 Å². The van der Waals surface area contributed by atoms with E-state index in [4.69, 9.17) is 4.74 Å². The Balaban J connectivity index is 2.12. The van der Waals surface area contributed by atoms with E-state index in [-0.39, 0.29) is 17.9 Å². The van der Waals surface area contributed by atoms with Gasteiger partial charge in [0, 0.05) is 31.4 Å². The van der Waals surface area contributed by atoms with Crippen LogP contribution < -0.4 is 4.74 Å². The molecule has 4 nitrogen and oxygen atoms in total. The maximum absolute atomic E-state index is 12.9. The van der Waals surface area contributed by atoms with Crippen molar-refractivity contribution in [1.82, 2.24) is 9.55 Å². The van der Waals surface area contributed by atoms with Crippen LogP contribution in [0.5, 0.6) is 5.75 Å². The van der Waals surface area contributed by atoms with Crippen LogP contribution in [0.3, 0.4) is 0 Å². The van der Waals surface area contributed by atoms with Crippen molar-refractivity contribution >= 4 is 6.29 Å². The molecule has 0 radical (unpaired) electrons. The molecule has 7 heteroatoms. The number of carbonyl (C=O) groups excluding carboxylic acids is 1. The molecule has 0 saturated heterocycles. The van der Waals surface area contributed by atoms with Gasteiger partial charge < -0.3 is 9.30 Å². The second-order valence-corrected chi connectivity index (χ2v) is 4.42. The highest BCUT2D eigenvalue weighted by Gasteiger charge is 2.34. The van der Waals surface area contributed by atoms with Crippen LogP contribution in [0.2, 0.25) is 0 Å². The highest BCUT2D eigenvalue weighted by molar-refractivity contribution is 5.75. The highest BCUT2D eigenvalue weighted by atomic mass is 19.4. The molecule has 0 aliphatic heterocycles. The summed E-state index contributed by atoms with van der Waals surface area (Å²) < 4.78 is 45.7. The third kappa shape index (κ3) is 3.62. The van der Waals surface area contributed by atoms with Crippen molar-refractivity contribution in [1.29, 1.82) is 0 Å². The highest BCUT2D eigenvalue weighted by Crippen LogP contribution is 2.36. The van der Waals surface area contributed by atoms with Crippen molar-refractivity contribution in [2.24, 2.45) is 7.05 Å². The summed E-state index contributed by atoms with van der Waals surface area (Å²) in [5.41, 5.74) is -0.995. The summed E-state index contributed by atoms with van der Waals surface area (Å²) in [5, 5.41) is 0. The lowest BCUT2D eigenvalue weighted by Crippen LogP contribution is -2.12. The number of aldehydes is 1. The molecular formula is C14H13F3N2O2. The number of carbonyl (C=O) groups is 1. The Bertz CT molecular complexity index is 635. The fourth-order valence-electron chi connectivity index (χ4n) is 1.86. The Hall–Kier alpha value is -2.31. The normalized spacial score (nSPS) is 11.4. The molecule has 0 spiro atoms. The van der Waals surface area contributed by atoms with Gasteiger partial charge in [0.05, 0.1) is 12.2 Å². The lowest BCUT2D eigenvalue weighted by Gasteiger charge is -2.14. The van der Waals surface area contributed by atoms with Gasteiger partial charge in [-0.2, -0.15) is 13.2 Å². The van der Waals surface area contributed by atoms with E-state index >= 15 is 0 Å². The number of imidazole rings is 1. The van der Waals surface area contributed by atoms with E-state index in [1.165, 1.54) is 6.07 Å². The molecule has 0 amide bonds. The molecule has 2 aromatic rings. The fourth-order valence-corrected chi connectivity index (χ4v) is 1.86. The zero-order chi connectivity index (χ0) is 15.5. The van der Waals surface area contributed by atoms with Crippen LogP contribution in [0.1, 0.15) is 21.7 Å². The largest absolute Gasteiger partial charge is 0.492 e. The van der Waals surface area contributed by atoms with Gasteiger partial charge in [-0.05, 0) is 18.2 Å². The van der Waals surface area contributed by atoms with Crippen LogP contribution in [-0.4, -0.2) is 22.4 Å². The van der Waals surface area contributed by atoms with Crippen LogP contribution in [0.25, 0.3) is 0 Å². The number of hydrogen-bond donors (Lipinski definition) is 0. The average Bonchev–Trinajstić information content (AvgIpc) is 2.83. The molecule has 21 heavy (non-hydrogen) atoms. The molecule has 0 aliphatic rings. The van der Waals surface area contributed by atoms with Gasteiger partial charge >= 0.3 is 6.18 Å². The minimum absolute atomic E-state index is 0.0428. The molecule has 1 aromatic carbocycles. The van der Waals surface area contributed by atoms with Crippen molar-refractivity contribution in [2.45, 2.75) is 12.6 Å². The molecule has 0 unspecified atom stereocenters. The predicted molar refractivity (Wildman–Crippen MR) is 69.2 cm³/mol. The summed E-state index contributed by atoms with van der Waals surface area (Å²) >= 11 is 0. The van der Waals surface area contributed by atoms with Crippen molar-refractivity contribution in [3.63, 3.8) is 0 Å². The molecule has 112 valence electrons. The standard InChI is InChI=1S/C14H13F3N2O2/c1-19-6-5-18-13(19)4-7-21-12-3-2-10(9-20)8-11(12)14(15,16)17/h2-3,5-6,8-9H,4,7H2,1H3. The number of nitrogens with zero attached hydrogens (tertiary/aromatic N) is 2. The van der Waals surface area contributed by atoms with Crippen LogP contribution in [0.4, 0.5) is 13.2 Å². The minimum Gasteiger partial charge on any atom is -0.492 e. The number of benzene rings is 1. The van der Waals surface area contributed by atoms with Crippen molar-refractivity contribution in [3.05, 3.63) is 47.5 Å². The van der Waals surface area contributed by atoms with Gasteiger partial charge in [-0.1, -0.05) is 0 Å². The first-order valence-electron chi connectivity index (χ1n) is 6.17. The monoisotopic (exact) mass is 298 g/mol. The number of alkyl halides is 3. The number of aromatic nitrogens is 2. The van der Waals surface area contributed by atoms with Gasteiger partial charge in [0.25, 0.3) is 0 Å². The molecule has 2 rings (SSSR count). The van der Waals surface area contributed by atoms with Gasteiger partial charge in [0.15, 0.2) is 0 Å². The smallest absolute Gasteiger partial charge is 0.419 e. The summed E-state index contributed by atoms with van der Waals surface area (Å²) in [6.07, 6.45) is -0.467. The number of halogens is 3. The van der Waals surface area contributed by atoms with Gasteiger partial charge in [0.2, 0.25) is 0 Å². The van der Waals surface area contributed by atoms with E-state index in [2.05, 4.69) is 4.98 Å². The number of hydrogen-bond acceptors (Lipinski definition) is 3. The number of ether oxygens (including phenoxy) is 1. The lowest BCUT2D eigenvalue weighted by atomic mass is 10.1. The molecular weight excluding hydrogens is 285 g/mol. The topological polar surface area (TPSA) is 44.1 Å². The fraction of sp³-hybridized carbons (Fsp3) is 0.286. The quantitative estimate of drug-likeness (QED) is 0.797. The Kier molecular flexibility index (Phi) is 4.30. The molecule has 0 aliphatic carbocycles. The molecule has 0 saturated carbocycles. The van der Waals surface area contributed by atoms with E-state index in [1.807, 2.05) is 0 Å². The molecule has 1 aromatic heterocycles. The molecule has 0 N–H and O–H groups in total. The van der Waals surface area contributed by atoms with Gasteiger partial charge in [0.1, 0.15) is 17.9 Å². The first-order valence-corrected chi connectivity index (χ1v) is 6.17. The first-order chi connectivity index (χ1) is 9.91. The Morgan fingerprint density at radius 3 is 2.71 bits per heavy atom. The van der Waals surface area contributed by atoms with E-state index in [0.29, 0.717) is 18.5 Å². The average molecular weight is 298 g/mol. The van der Waals surface area contributed by atoms with Crippen LogP contribution >= 0.6 is 0 Å². The number of aryl methyl sites for hydroxylation is 1. The predicted octanol–water partition coefficient (Wildman–Crippen LogP) is 2.87. The second-order valence-electron chi connectivity index (χ2n) is 4.42. The third-order valence-corrected chi connectivity index (χ3v) is 2.95. The van der Waals surface area contributed by atoms with E-state index < -0.39 is 11.7 Å². The summed E-state index contributed by atoms with van der Waals surface area (Å²) in [6, 6.07) is 3.23.